The molecule has 184 valence electrons. The van der Waals surface area contributed by atoms with Gasteiger partial charge in [0.1, 0.15) is 11.9 Å². The van der Waals surface area contributed by atoms with Gasteiger partial charge in [-0.05, 0) is 64.0 Å². The van der Waals surface area contributed by atoms with Crippen LogP contribution in [0.3, 0.4) is 0 Å². The zero-order chi connectivity index (χ0) is 24.5. The van der Waals surface area contributed by atoms with E-state index >= 15 is 0 Å². The van der Waals surface area contributed by atoms with Crippen molar-refractivity contribution in [3.63, 3.8) is 0 Å². The molecule has 2 aliphatic rings. The molecule has 1 aliphatic heterocycles. The number of carbonyl (C=O) groups is 1. The number of nitrogens with one attached hydrogen (secondary N) is 1. The van der Waals surface area contributed by atoms with Crippen LogP contribution in [0.4, 0.5) is 5.82 Å². The van der Waals surface area contributed by atoms with Crippen molar-refractivity contribution in [2.45, 2.75) is 70.2 Å². The smallest absolute Gasteiger partial charge is 0.271 e. The second-order valence-corrected chi connectivity index (χ2v) is 9.98. The number of thioether (sulfide) groups is 1. The molecule has 1 amide bonds. The Bertz CT molecular complexity index is 1290. The van der Waals surface area contributed by atoms with Crippen molar-refractivity contribution >= 4 is 23.5 Å². The number of rotatable bonds is 7. The van der Waals surface area contributed by atoms with Crippen LogP contribution in [-0.4, -0.2) is 53.6 Å². The standard InChI is InChI=1S/C23H29N9O2S/c1-14-10-15(2)32(29-14)22-27-28-23(31(22)25)35-13-20(33)26-21-18(11-24)17-7-3-4-8-19(17)30(21)12-16-6-5-9-34-16/h10,16H,3-9,12-13,25H2,1-2H3,(H,26,33). The number of nitrogens with zero attached hydrogens (tertiary/aromatic N) is 7. The first kappa shape index (κ1) is 23.4. The molecule has 3 aromatic rings. The lowest BCUT2D eigenvalue weighted by molar-refractivity contribution is -0.113. The predicted octanol–water partition coefficient (Wildman–Crippen LogP) is 2.26. The van der Waals surface area contributed by atoms with Crippen molar-refractivity contribution in [1.82, 2.24) is 29.2 Å². The van der Waals surface area contributed by atoms with Crippen molar-refractivity contribution < 1.29 is 9.53 Å². The normalized spacial score (nSPS) is 17.3. The Kier molecular flexibility index (Phi) is 6.53. The fraction of sp³-hybridized carbons (Fsp3) is 0.522. The first-order valence-corrected chi connectivity index (χ1v) is 12.9. The van der Waals surface area contributed by atoms with Crippen LogP contribution < -0.4 is 11.2 Å². The summed E-state index contributed by atoms with van der Waals surface area (Å²) in [4.78, 5) is 13.0. The third-order valence-electron chi connectivity index (χ3n) is 6.53. The number of ether oxygens (including phenoxy) is 1. The molecule has 5 rings (SSSR count). The van der Waals surface area contributed by atoms with Crippen molar-refractivity contribution in [1.29, 1.82) is 5.26 Å². The molecule has 0 aromatic carbocycles. The molecule has 1 atom stereocenters. The third-order valence-corrected chi connectivity index (χ3v) is 7.47. The van der Waals surface area contributed by atoms with E-state index in [0.29, 0.717) is 29.0 Å². The van der Waals surface area contributed by atoms with Gasteiger partial charge in [0.25, 0.3) is 5.95 Å². The first-order valence-electron chi connectivity index (χ1n) is 11.9. The summed E-state index contributed by atoms with van der Waals surface area (Å²) in [5.41, 5.74) is 4.53. The van der Waals surface area contributed by atoms with Gasteiger partial charge >= 0.3 is 0 Å². The summed E-state index contributed by atoms with van der Waals surface area (Å²) in [6.07, 6.45) is 6.04. The van der Waals surface area contributed by atoms with E-state index in [0.717, 1.165) is 67.8 Å². The maximum absolute atomic E-state index is 13.0. The van der Waals surface area contributed by atoms with Gasteiger partial charge in [-0.1, -0.05) is 11.8 Å². The third kappa shape index (κ3) is 4.53. The molecule has 4 heterocycles. The van der Waals surface area contributed by atoms with E-state index in [1.807, 2.05) is 19.9 Å². The van der Waals surface area contributed by atoms with Crippen LogP contribution in [0.15, 0.2) is 11.2 Å². The number of nitrogens with two attached hydrogens (primary N) is 1. The number of anilines is 1. The van der Waals surface area contributed by atoms with Crippen LogP contribution in [0.2, 0.25) is 0 Å². The van der Waals surface area contributed by atoms with Gasteiger partial charge in [-0.2, -0.15) is 10.4 Å². The van der Waals surface area contributed by atoms with E-state index in [1.54, 1.807) is 4.68 Å². The van der Waals surface area contributed by atoms with Crippen LogP contribution >= 0.6 is 11.8 Å². The monoisotopic (exact) mass is 495 g/mol. The summed E-state index contributed by atoms with van der Waals surface area (Å²) >= 11 is 1.18. The Morgan fingerprint density at radius 2 is 2.14 bits per heavy atom. The lowest BCUT2D eigenvalue weighted by atomic mass is 9.95. The highest BCUT2D eigenvalue weighted by atomic mass is 32.2. The summed E-state index contributed by atoms with van der Waals surface area (Å²) in [6.45, 7) is 5.21. The van der Waals surface area contributed by atoms with E-state index in [-0.39, 0.29) is 17.8 Å². The van der Waals surface area contributed by atoms with Crippen LogP contribution in [0.5, 0.6) is 0 Å². The van der Waals surface area contributed by atoms with Crippen molar-refractivity contribution in [2.75, 3.05) is 23.5 Å². The van der Waals surface area contributed by atoms with E-state index in [1.165, 1.54) is 16.4 Å². The summed E-state index contributed by atoms with van der Waals surface area (Å²) in [5.74, 6) is 7.00. The second kappa shape index (κ2) is 9.75. The Hall–Kier alpha value is -3.30. The lowest BCUT2D eigenvalue weighted by Gasteiger charge is -2.19. The van der Waals surface area contributed by atoms with E-state index < -0.39 is 0 Å². The number of carbonyl (C=O) groups excluding carboxylic acids is 1. The number of nitrogen functional groups attached to an aromatic ring is 1. The van der Waals surface area contributed by atoms with E-state index in [4.69, 9.17) is 10.6 Å². The fourth-order valence-electron chi connectivity index (χ4n) is 4.96. The number of fused-ring (bicyclic) bond motifs is 1. The van der Waals surface area contributed by atoms with Gasteiger partial charge in [-0.3, -0.25) is 4.79 Å². The molecule has 1 fully saturated rings. The number of nitriles is 1. The molecule has 0 radical (unpaired) electrons. The number of hydrogen-bond acceptors (Lipinski definition) is 8. The van der Waals surface area contributed by atoms with Gasteiger partial charge in [0.2, 0.25) is 11.1 Å². The number of amides is 1. The lowest BCUT2D eigenvalue weighted by Crippen LogP contribution is -2.23. The Labute approximate surface area is 207 Å². The van der Waals surface area contributed by atoms with Crippen molar-refractivity contribution in [2.24, 2.45) is 0 Å². The Morgan fingerprint density at radius 3 is 2.86 bits per heavy atom. The van der Waals surface area contributed by atoms with Gasteiger partial charge < -0.3 is 20.5 Å². The maximum atomic E-state index is 13.0. The van der Waals surface area contributed by atoms with Gasteiger partial charge in [-0.15, -0.1) is 10.2 Å². The second-order valence-electron chi connectivity index (χ2n) is 9.04. The average molecular weight is 496 g/mol. The summed E-state index contributed by atoms with van der Waals surface area (Å²) in [5, 5.41) is 26.0. The summed E-state index contributed by atoms with van der Waals surface area (Å²) in [7, 11) is 0. The molecular formula is C23H29N9O2S. The maximum Gasteiger partial charge on any atom is 0.271 e. The summed E-state index contributed by atoms with van der Waals surface area (Å²) in [6, 6.07) is 4.27. The molecule has 0 bridgehead atoms. The van der Waals surface area contributed by atoms with Crippen molar-refractivity contribution in [3.05, 3.63) is 34.3 Å². The first-order chi connectivity index (χ1) is 17.0. The van der Waals surface area contributed by atoms with Crippen molar-refractivity contribution in [3.8, 4) is 12.0 Å². The molecular weight excluding hydrogens is 466 g/mol. The highest BCUT2D eigenvalue weighted by Gasteiger charge is 2.28. The fourth-order valence-corrected chi connectivity index (χ4v) is 5.61. The number of aromatic nitrogens is 6. The molecule has 11 nitrogen and oxygen atoms in total. The summed E-state index contributed by atoms with van der Waals surface area (Å²) < 4.78 is 10.9. The number of aryl methyl sites for hydroxylation is 2. The number of hydrogen-bond donors (Lipinski definition) is 2. The average Bonchev–Trinajstić information content (AvgIpc) is 3.61. The molecule has 1 saturated heterocycles. The van der Waals surface area contributed by atoms with E-state index in [2.05, 4.69) is 31.2 Å². The quantitative estimate of drug-likeness (QED) is 0.375. The molecule has 0 spiro atoms. The molecule has 1 unspecified atom stereocenters. The van der Waals surface area contributed by atoms with Gasteiger partial charge in [-0.25, -0.2) is 9.36 Å². The zero-order valence-electron chi connectivity index (χ0n) is 20.0. The highest BCUT2D eigenvalue weighted by Crippen LogP contribution is 2.34. The minimum Gasteiger partial charge on any atom is -0.376 e. The SMILES string of the molecule is Cc1cc(C)n(-c2nnc(SCC(=O)Nc3c(C#N)c4c(n3CC3CCCO3)CCCC4)n2N)n1. The highest BCUT2D eigenvalue weighted by molar-refractivity contribution is 7.99. The molecule has 35 heavy (non-hydrogen) atoms. The molecule has 12 heteroatoms. The van der Waals surface area contributed by atoms with E-state index in [9.17, 15) is 10.1 Å². The van der Waals surface area contributed by atoms with Crippen LogP contribution in [0.25, 0.3) is 5.95 Å². The topological polar surface area (TPSA) is 142 Å². The minimum absolute atomic E-state index is 0.0765. The van der Waals surface area contributed by atoms with Gasteiger partial charge in [0.05, 0.1) is 29.7 Å². The Balaban J connectivity index is 1.33. The minimum atomic E-state index is -0.231. The molecule has 0 saturated carbocycles. The van der Waals surface area contributed by atoms with Crippen LogP contribution in [0.1, 0.15) is 53.9 Å². The van der Waals surface area contributed by atoms with Crippen LogP contribution in [0, 0.1) is 25.2 Å². The predicted molar refractivity (Wildman–Crippen MR) is 131 cm³/mol. The van der Waals surface area contributed by atoms with Gasteiger partial charge in [0.15, 0.2) is 0 Å². The van der Waals surface area contributed by atoms with Crippen LogP contribution in [-0.2, 0) is 28.9 Å². The molecule has 3 N–H and O–H groups in total. The molecule has 3 aromatic heterocycles. The zero-order valence-corrected chi connectivity index (χ0v) is 20.8. The van der Waals surface area contributed by atoms with Gasteiger partial charge in [0, 0.05) is 18.0 Å². The Morgan fingerprint density at radius 1 is 1.31 bits per heavy atom. The molecule has 1 aliphatic carbocycles. The largest absolute Gasteiger partial charge is 0.376 e.